The molecular formula is C21H21N3O3S. The standard InChI is InChI=1S/C21H21N3O3S/c1-27-18-9-5-6-15(12-18)13-22-19(25)11-10-17-14-28-21(23-17)24-20(26)16-7-3-2-4-8-16/h2-9,12,14H,10-11,13H2,1H3,(H,22,25)(H,23,24,26). The van der Waals surface area contributed by atoms with Crippen LogP contribution in [0.5, 0.6) is 5.75 Å². The summed E-state index contributed by atoms with van der Waals surface area (Å²) in [5, 5.41) is 8.06. The Hall–Kier alpha value is -3.19. The van der Waals surface area contributed by atoms with Gasteiger partial charge in [-0.15, -0.1) is 11.3 Å². The lowest BCUT2D eigenvalue weighted by atomic mass is 10.2. The summed E-state index contributed by atoms with van der Waals surface area (Å²) in [4.78, 5) is 28.6. The predicted molar refractivity (Wildman–Crippen MR) is 110 cm³/mol. The molecule has 1 aromatic heterocycles. The predicted octanol–water partition coefficient (Wildman–Crippen LogP) is 3.65. The molecule has 0 fully saturated rings. The Kier molecular flexibility index (Phi) is 6.75. The van der Waals surface area contributed by atoms with E-state index in [1.165, 1.54) is 11.3 Å². The Bertz CT molecular complexity index is 941. The maximum Gasteiger partial charge on any atom is 0.257 e. The first-order valence-electron chi connectivity index (χ1n) is 8.84. The molecule has 3 aromatic rings. The quantitative estimate of drug-likeness (QED) is 0.610. The second kappa shape index (κ2) is 9.66. The maximum atomic E-state index is 12.1. The van der Waals surface area contributed by atoms with Gasteiger partial charge in [-0.05, 0) is 36.2 Å². The van der Waals surface area contributed by atoms with Crippen LogP contribution in [0, 0.1) is 0 Å². The van der Waals surface area contributed by atoms with E-state index in [9.17, 15) is 9.59 Å². The first-order chi connectivity index (χ1) is 13.6. The van der Waals surface area contributed by atoms with Gasteiger partial charge in [-0.3, -0.25) is 14.9 Å². The van der Waals surface area contributed by atoms with E-state index < -0.39 is 0 Å². The molecule has 1 heterocycles. The lowest BCUT2D eigenvalue weighted by Gasteiger charge is -2.06. The number of nitrogens with one attached hydrogen (secondary N) is 2. The molecule has 3 rings (SSSR count). The first kappa shape index (κ1) is 19.6. The van der Waals surface area contributed by atoms with Crippen LogP contribution in [0.3, 0.4) is 0 Å². The van der Waals surface area contributed by atoms with E-state index in [4.69, 9.17) is 4.74 Å². The van der Waals surface area contributed by atoms with Crippen molar-refractivity contribution in [2.45, 2.75) is 19.4 Å². The van der Waals surface area contributed by atoms with Gasteiger partial charge in [-0.25, -0.2) is 4.98 Å². The number of hydrogen-bond acceptors (Lipinski definition) is 5. The van der Waals surface area contributed by atoms with Gasteiger partial charge in [0.2, 0.25) is 5.91 Å². The highest BCUT2D eigenvalue weighted by Crippen LogP contribution is 2.18. The molecule has 0 aliphatic heterocycles. The number of anilines is 1. The molecule has 0 unspecified atom stereocenters. The van der Waals surface area contributed by atoms with Crippen LogP contribution >= 0.6 is 11.3 Å². The van der Waals surface area contributed by atoms with Gasteiger partial charge in [0, 0.05) is 23.9 Å². The number of rotatable bonds is 8. The molecule has 0 bridgehead atoms. The summed E-state index contributed by atoms with van der Waals surface area (Å²) >= 11 is 1.35. The maximum absolute atomic E-state index is 12.1. The van der Waals surface area contributed by atoms with E-state index >= 15 is 0 Å². The number of aromatic nitrogens is 1. The average Bonchev–Trinajstić information content (AvgIpc) is 3.18. The van der Waals surface area contributed by atoms with Crippen molar-refractivity contribution in [3.8, 4) is 5.75 Å². The molecule has 0 atom stereocenters. The number of thiazole rings is 1. The fourth-order valence-electron chi connectivity index (χ4n) is 2.55. The zero-order valence-corrected chi connectivity index (χ0v) is 16.3. The molecule has 0 aliphatic carbocycles. The normalized spacial score (nSPS) is 10.3. The van der Waals surface area contributed by atoms with E-state index in [0.29, 0.717) is 30.1 Å². The van der Waals surface area contributed by atoms with E-state index in [0.717, 1.165) is 17.0 Å². The smallest absolute Gasteiger partial charge is 0.257 e. The van der Waals surface area contributed by atoms with Crippen molar-refractivity contribution >= 4 is 28.3 Å². The van der Waals surface area contributed by atoms with Crippen molar-refractivity contribution in [1.29, 1.82) is 0 Å². The Morgan fingerprint density at radius 3 is 2.71 bits per heavy atom. The summed E-state index contributed by atoms with van der Waals surface area (Å²) in [6.45, 7) is 0.450. The van der Waals surface area contributed by atoms with Crippen molar-refractivity contribution < 1.29 is 14.3 Å². The van der Waals surface area contributed by atoms with Gasteiger partial charge >= 0.3 is 0 Å². The molecule has 0 aliphatic rings. The minimum absolute atomic E-state index is 0.0503. The van der Waals surface area contributed by atoms with Crippen LogP contribution in [0.25, 0.3) is 0 Å². The molecule has 2 N–H and O–H groups in total. The molecular weight excluding hydrogens is 374 g/mol. The second-order valence-corrected chi connectivity index (χ2v) is 6.95. The number of hydrogen-bond donors (Lipinski definition) is 2. The highest BCUT2D eigenvalue weighted by molar-refractivity contribution is 7.14. The third-order valence-electron chi connectivity index (χ3n) is 4.04. The fraction of sp³-hybridized carbons (Fsp3) is 0.190. The zero-order chi connectivity index (χ0) is 19.8. The number of nitrogens with zero attached hydrogens (tertiary/aromatic N) is 1. The summed E-state index contributed by atoms with van der Waals surface area (Å²) in [7, 11) is 1.61. The van der Waals surface area contributed by atoms with Crippen molar-refractivity contribution in [2.24, 2.45) is 0 Å². The van der Waals surface area contributed by atoms with Crippen molar-refractivity contribution in [1.82, 2.24) is 10.3 Å². The zero-order valence-electron chi connectivity index (χ0n) is 15.5. The number of aryl methyl sites for hydroxylation is 1. The van der Waals surface area contributed by atoms with Crippen LogP contribution in [-0.2, 0) is 17.8 Å². The van der Waals surface area contributed by atoms with Gasteiger partial charge in [-0.1, -0.05) is 30.3 Å². The van der Waals surface area contributed by atoms with Crippen molar-refractivity contribution in [3.63, 3.8) is 0 Å². The van der Waals surface area contributed by atoms with Crippen LogP contribution < -0.4 is 15.4 Å². The van der Waals surface area contributed by atoms with Crippen molar-refractivity contribution in [2.75, 3.05) is 12.4 Å². The summed E-state index contributed by atoms with van der Waals surface area (Å²) in [5.41, 5.74) is 2.34. The Balaban J connectivity index is 1.44. The highest BCUT2D eigenvalue weighted by Gasteiger charge is 2.10. The average molecular weight is 395 g/mol. The number of ether oxygens (including phenoxy) is 1. The molecule has 6 nitrogen and oxygen atoms in total. The Morgan fingerprint density at radius 2 is 1.93 bits per heavy atom. The molecule has 2 aromatic carbocycles. The third-order valence-corrected chi connectivity index (χ3v) is 4.85. The van der Waals surface area contributed by atoms with Crippen LogP contribution in [0.1, 0.15) is 28.0 Å². The number of carbonyl (C=O) groups excluding carboxylic acids is 2. The second-order valence-electron chi connectivity index (χ2n) is 6.09. The topological polar surface area (TPSA) is 80.3 Å². The first-order valence-corrected chi connectivity index (χ1v) is 9.72. The molecule has 0 saturated heterocycles. The highest BCUT2D eigenvalue weighted by atomic mass is 32.1. The summed E-state index contributed by atoms with van der Waals surface area (Å²) in [6.07, 6.45) is 0.849. The van der Waals surface area contributed by atoms with E-state index in [1.807, 2.05) is 47.8 Å². The molecule has 2 amide bonds. The molecule has 7 heteroatoms. The van der Waals surface area contributed by atoms with E-state index in [1.54, 1.807) is 19.2 Å². The van der Waals surface area contributed by atoms with Gasteiger partial charge in [0.05, 0.1) is 12.8 Å². The largest absolute Gasteiger partial charge is 0.497 e. The third kappa shape index (κ3) is 5.65. The van der Waals surface area contributed by atoms with Crippen LogP contribution in [0.4, 0.5) is 5.13 Å². The van der Waals surface area contributed by atoms with E-state index in [-0.39, 0.29) is 11.8 Å². The summed E-state index contributed by atoms with van der Waals surface area (Å²) in [6, 6.07) is 16.6. The molecule has 144 valence electrons. The minimum Gasteiger partial charge on any atom is -0.497 e. The van der Waals surface area contributed by atoms with Gasteiger partial charge in [0.1, 0.15) is 5.75 Å². The van der Waals surface area contributed by atoms with Gasteiger partial charge in [-0.2, -0.15) is 0 Å². The van der Waals surface area contributed by atoms with Gasteiger partial charge < -0.3 is 10.1 Å². The molecule has 0 saturated carbocycles. The van der Waals surface area contributed by atoms with Crippen LogP contribution in [-0.4, -0.2) is 23.9 Å². The Labute approximate surface area is 167 Å². The molecule has 0 spiro atoms. The summed E-state index contributed by atoms with van der Waals surface area (Å²) < 4.78 is 5.18. The molecule has 28 heavy (non-hydrogen) atoms. The lowest BCUT2D eigenvalue weighted by Crippen LogP contribution is -2.23. The minimum atomic E-state index is -0.197. The van der Waals surface area contributed by atoms with Crippen LogP contribution in [0.15, 0.2) is 60.0 Å². The summed E-state index contributed by atoms with van der Waals surface area (Å²) in [5.74, 6) is 0.516. The Morgan fingerprint density at radius 1 is 1.11 bits per heavy atom. The molecule has 0 radical (unpaired) electrons. The van der Waals surface area contributed by atoms with Crippen LogP contribution in [0.2, 0.25) is 0 Å². The van der Waals surface area contributed by atoms with Crippen molar-refractivity contribution in [3.05, 3.63) is 76.8 Å². The number of methoxy groups -OCH3 is 1. The van der Waals surface area contributed by atoms with Gasteiger partial charge in [0.15, 0.2) is 5.13 Å². The lowest BCUT2D eigenvalue weighted by molar-refractivity contribution is -0.121. The number of carbonyl (C=O) groups is 2. The SMILES string of the molecule is COc1cccc(CNC(=O)CCc2csc(NC(=O)c3ccccc3)n2)c1. The van der Waals surface area contributed by atoms with E-state index in [2.05, 4.69) is 15.6 Å². The fourth-order valence-corrected chi connectivity index (χ4v) is 3.29. The van der Waals surface area contributed by atoms with Gasteiger partial charge in [0.25, 0.3) is 5.91 Å². The monoisotopic (exact) mass is 395 g/mol. The number of amides is 2. The number of benzene rings is 2.